The van der Waals surface area contributed by atoms with Crippen molar-refractivity contribution in [1.82, 2.24) is 9.80 Å². The van der Waals surface area contributed by atoms with E-state index >= 15 is 0 Å². The lowest BCUT2D eigenvalue weighted by molar-refractivity contribution is 0.0576. The van der Waals surface area contributed by atoms with Gasteiger partial charge in [-0.2, -0.15) is 0 Å². The summed E-state index contributed by atoms with van der Waals surface area (Å²) in [5, 5.41) is 0. The average molecular weight is 484 g/mol. The van der Waals surface area contributed by atoms with E-state index in [1.54, 1.807) is 34.1 Å². The maximum atomic E-state index is 14.4. The highest BCUT2D eigenvalue weighted by Crippen LogP contribution is 2.48. The number of halogens is 2. The Morgan fingerprint density at radius 2 is 1.74 bits per heavy atom. The molecule has 8 heteroatoms. The van der Waals surface area contributed by atoms with Crippen molar-refractivity contribution in [2.75, 3.05) is 44.2 Å². The number of carbonyl (C=O) groups is 2. The quantitative estimate of drug-likeness (QED) is 0.642. The maximum absolute atomic E-state index is 14.4. The fraction of sp³-hybridized carbons (Fsp3) is 0.481. The van der Waals surface area contributed by atoms with E-state index in [9.17, 15) is 18.4 Å². The molecule has 3 aliphatic rings. The number of likely N-dealkylation sites (tertiary alicyclic amines) is 2. The fourth-order valence-corrected chi connectivity index (χ4v) is 5.98. The van der Waals surface area contributed by atoms with Crippen LogP contribution in [0.2, 0.25) is 0 Å². The first-order valence-electron chi connectivity index (χ1n) is 12.4. The zero-order chi connectivity index (χ0) is 24.6. The Kier molecular flexibility index (Phi) is 6.49. The number of anilines is 1. The van der Waals surface area contributed by atoms with Gasteiger partial charge in [0.25, 0.3) is 5.91 Å². The Balaban J connectivity index is 1.30. The average Bonchev–Trinajstić information content (AvgIpc) is 3.17. The van der Waals surface area contributed by atoms with Gasteiger partial charge in [-0.1, -0.05) is 12.1 Å². The number of benzene rings is 2. The standard InChI is InChI=1S/C27H31F2N3O3/c1-2-35-26(34)31-13-9-20(10-14-31)30-15-11-27(12-16-30)18-32(24-8-7-19(28)17-22(24)27)25(33)21-5-3-4-6-23(21)29/h3-8,17,20H,2,9-16,18H2,1H3. The van der Waals surface area contributed by atoms with Gasteiger partial charge in [0.1, 0.15) is 11.6 Å². The van der Waals surface area contributed by atoms with Gasteiger partial charge in [0.2, 0.25) is 0 Å². The van der Waals surface area contributed by atoms with Crippen LogP contribution in [-0.2, 0) is 10.2 Å². The zero-order valence-corrected chi connectivity index (χ0v) is 20.0. The molecule has 2 amide bonds. The van der Waals surface area contributed by atoms with Crippen LogP contribution in [0.3, 0.4) is 0 Å². The number of fused-ring (bicyclic) bond motifs is 2. The van der Waals surface area contributed by atoms with E-state index in [1.807, 2.05) is 6.92 Å². The van der Waals surface area contributed by atoms with E-state index in [0.717, 1.165) is 44.3 Å². The highest BCUT2D eigenvalue weighted by molar-refractivity contribution is 6.08. The third-order valence-corrected chi connectivity index (χ3v) is 7.89. The zero-order valence-electron chi connectivity index (χ0n) is 20.0. The Morgan fingerprint density at radius 1 is 1.03 bits per heavy atom. The molecule has 5 rings (SSSR count). The first kappa shape index (κ1) is 23.7. The van der Waals surface area contributed by atoms with Gasteiger partial charge in [0.15, 0.2) is 0 Å². The van der Waals surface area contributed by atoms with Gasteiger partial charge in [-0.15, -0.1) is 0 Å². The number of hydrogen-bond acceptors (Lipinski definition) is 4. The number of nitrogens with zero attached hydrogens (tertiary/aromatic N) is 3. The molecule has 0 bridgehead atoms. The lowest BCUT2D eigenvalue weighted by Crippen LogP contribution is -2.52. The molecule has 2 saturated heterocycles. The van der Waals surface area contributed by atoms with Crippen molar-refractivity contribution in [3.63, 3.8) is 0 Å². The second-order valence-electron chi connectivity index (χ2n) is 9.77. The van der Waals surface area contributed by atoms with E-state index < -0.39 is 5.82 Å². The first-order chi connectivity index (χ1) is 16.9. The van der Waals surface area contributed by atoms with Gasteiger partial charge in [-0.3, -0.25) is 4.79 Å². The van der Waals surface area contributed by atoms with Crippen LogP contribution in [0, 0.1) is 11.6 Å². The maximum Gasteiger partial charge on any atom is 0.409 e. The molecular weight excluding hydrogens is 452 g/mol. The molecule has 6 nitrogen and oxygen atoms in total. The van der Waals surface area contributed by atoms with Crippen molar-refractivity contribution in [3.8, 4) is 0 Å². The second kappa shape index (κ2) is 9.57. The highest BCUT2D eigenvalue weighted by atomic mass is 19.1. The minimum atomic E-state index is -0.550. The summed E-state index contributed by atoms with van der Waals surface area (Å²) in [5.41, 5.74) is 1.21. The summed E-state index contributed by atoms with van der Waals surface area (Å²) in [7, 11) is 0. The van der Waals surface area contributed by atoms with Crippen LogP contribution in [0.1, 0.15) is 48.5 Å². The molecule has 35 heavy (non-hydrogen) atoms. The molecule has 2 fully saturated rings. The van der Waals surface area contributed by atoms with Gasteiger partial charge in [0.05, 0.1) is 12.2 Å². The van der Waals surface area contributed by atoms with Crippen molar-refractivity contribution in [2.45, 2.75) is 44.1 Å². The number of rotatable bonds is 3. The smallest absolute Gasteiger partial charge is 0.409 e. The summed E-state index contributed by atoms with van der Waals surface area (Å²) in [4.78, 5) is 31.2. The predicted octanol–water partition coefficient (Wildman–Crippen LogP) is 4.58. The topological polar surface area (TPSA) is 53.1 Å². The van der Waals surface area contributed by atoms with Crippen LogP contribution in [0.25, 0.3) is 0 Å². The second-order valence-corrected chi connectivity index (χ2v) is 9.77. The summed E-state index contributed by atoms with van der Waals surface area (Å²) in [6.45, 7) is 5.66. The molecule has 3 heterocycles. The molecule has 1 spiro atoms. The largest absolute Gasteiger partial charge is 0.450 e. The van der Waals surface area contributed by atoms with Gasteiger partial charge in [-0.25, -0.2) is 13.6 Å². The van der Waals surface area contributed by atoms with Crippen molar-refractivity contribution in [2.24, 2.45) is 0 Å². The molecule has 3 aliphatic heterocycles. The van der Waals surface area contributed by atoms with Crippen LogP contribution in [-0.4, -0.2) is 67.2 Å². The van der Waals surface area contributed by atoms with Crippen molar-refractivity contribution in [3.05, 3.63) is 65.2 Å². The molecule has 0 aromatic heterocycles. The Hall–Kier alpha value is -3.00. The Morgan fingerprint density at radius 3 is 2.43 bits per heavy atom. The molecular formula is C27H31F2N3O3. The predicted molar refractivity (Wildman–Crippen MR) is 129 cm³/mol. The van der Waals surface area contributed by atoms with E-state index in [1.165, 1.54) is 18.2 Å². The molecule has 0 aliphatic carbocycles. The van der Waals surface area contributed by atoms with Crippen LogP contribution < -0.4 is 4.90 Å². The molecule has 0 atom stereocenters. The molecule has 0 N–H and O–H groups in total. The van der Waals surface area contributed by atoms with Crippen LogP contribution >= 0.6 is 0 Å². The van der Waals surface area contributed by atoms with Gasteiger partial charge in [-0.05, 0) is 81.6 Å². The molecule has 0 saturated carbocycles. The fourth-order valence-electron chi connectivity index (χ4n) is 5.98. The van der Waals surface area contributed by atoms with Gasteiger partial charge >= 0.3 is 6.09 Å². The van der Waals surface area contributed by atoms with Crippen LogP contribution in [0.15, 0.2) is 42.5 Å². The highest BCUT2D eigenvalue weighted by Gasteiger charge is 2.47. The van der Waals surface area contributed by atoms with Crippen molar-refractivity contribution < 1.29 is 23.1 Å². The molecule has 186 valence electrons. The minimum Gasteiger partial charge on any atom is -0.450 e. The van der Waals surface area contributed by atoms with Gasteiger partial charge < -0.3 is 19.4 Å². The minimum absolute atomic E-state index is 0.0330. The third-order valence-electron chi connectivity index (χ3n) is 7.89. The molecule has 0 radical (unpaired) electrons. The normalized spacial score (nSPS) is 20.2. The lowest BCUT2D eigenvalue weighted by Gasteiger charge is -2.45. The molecule has 2 aromatic rings. The van der Waals surface area contributed by atoms with Gasteiger partial charge in [0, 0.05) is 36.8 Å². The summed E-state index contributed by atoms with van der Waals surface area (Å²) < 4.78 is 33.8. The van der Waals surface area contributed by atoms with E-state index in [4.69, 9.17) is 4.74 Å². The number of amides is 2. The summed E-state index contributed by atoms with van der Waals surface area (Å²) in [6, 6.07) is 11.0. The summed E-state index contributed by atoms with van der Waals surface area (Å²) in [5.74, 6) is -1.26. The van der Waals surface area contributed by atoms with Crippen molar-refractivity contribution >= 4 is 17.7 Å². The first-order valence-corrected chi connectivity index (χ1v) is 12.4. The van der Waals surface area contributed by atoms with Crippen LogP contribution in [0.4, 0.5) is 19.3 Å². The van der Waals surface area contributed by atoms with E-state index in [2.05, 4.69) is 4.90 Å². The number of carbonyl (C=O) groups excluding carboxylic acids is 2. The van der Waals surface area contributed by atoms with E-state index in [-0.39, 0.29) is 28.8 Å². The van der Waals surface area contributed by atoms with E-state index in [0.29, 0.717) is 38.0 Å². The SMILES string of the molecule is CCOC(=O)N1CCC(N2CCC3(CC2)CN(C(=O)c2ccccc2F)c2ccc(F)cc23)CC1. The third kappa shape index (κ3) is 4.40. The number of piperidine rings is 2. The summed E-state index contributed by atoms with van der Waals surface area (Å²) in [6.07, 6.45) is 3.14. The number of hydrogen-bond donors (Lipinski definition) is 0. The summed E-state index contributed by atoms with van der Waals surface area (Å²) >= 11 is 0. The molecule has 2 aromatic carbocycles. The monoisotopic (exact) mass is 483 g/mol. The number of ether oxygens (including phenoxy) is 1. The van der Waals surface area contributed by atoms with Crippen molar-refractivity contribution in [1.29, 1.82) is 0 Å². The Bertz CT molecular complexity index is 1110. The Labute approximate surface area is 204 Å². The van der Waals surface area contributed by atoms with Crippen LogP contribution in [0.5, 0.6) is 0 Å². The lowest BCUT2D eigenvalue weighted by atomic mass is 9.74. The molecule has 0 unspecified atom stereocenters.